The highest BCUT2D eigenvalue weighted by atomic mass is 16.5. The van der Waals surface area contributed by atoms with Crippen molar-refractivity contribution in [3.8, 4) is 0 Å². The Morgan fingerprint density at radius 1 is 1.24 bits per heavy atom. The zero-order chi connectivity index (χ0) is 24.1. The fraction of sp³-hybridized carbons (Fsp3) is 0.640. The molecule has 3 saturated heterocycles. The Morgan fingerprint density at radius 3 is 2.64 bits per heavy atom. The second-order valence-electron chi connectivity index (χ2n) is 10.1. The number of fused-ring (bicyclic) bond motifs is 1. The predicted octanol–water partition coefficient (Wildman–Crippen LogP) is 1.77. The van der Waals surface area contributed by atoms with Gasteiger partial charge >= 0.3 is 0 Å². The molecular weight excluding hydrogens is 422 g/mol. The Kier molecular flexibility index (Phi) is 6.03. The fourth-order valence-corrected chi connectivity index (χ4v) is 6.30. The molecule has 4 rings (SSSR count). The average molecular weight is 458 g/mol. The number of aryl methyl sites for hydroxylation is 2. The third-order valence-corrected chi connectivity index (χ3v) is 8.05. The van der Waals surface area contributed by atoms with Crippen LogP contribution in [0, 0.1) is 31.6 Å². The van der Waals surface area contributed by atoms with Gasteiger partial charge in [0.15, 0.2) is 0 Å². The molecule has 2 bridgehead atoms. The summed E-state index contributed by atoms with van der Waals surface area (Å²) < 4.78 is 6.62. The lowest BCUT2D eigenvalue weighted by Gasteiger charge is -2.36. The number of unbranched alkanes of at least 4 members (excludes halogenated alkanes) is 1. The van der Waals surface area contributed by atoms with Gasteiger partial charge in [-0.1, -0.05) is 19.1 Å². The second kappa shape index (κ2) is 8.40. The largest absolute Gasteiger partial charge is 0.396 e. The fourth-order valence-electron chi connectivity index (χ4n) is 6.30. The van der Waals surface area contributed by atoms with Crippen LogP contribution in [0.4, 0.5) is 5.69 Å². The van der Waals surface area contributed by atoms with Crippen molar-refractivity contribution in [3.63, 3.8) is 0 Å². The summed E-state index contributed by atoms with van der Waals surface area (Å²) in [4.78, 5) is 42.1. The number of benzene rings is 1. The van der Waals surface area contributed by atoms with Gasteiger partial charge in [0.25, 0.3) is 0 Å². The maximum atomic E-state index is 13.8. The minimum Gasteiger partial charge on any atom is -0.396 e. The van der Waals surface area contributed by atoms with Crippen LogP contribution in [0.2, 0.25) is 0 Å². The van der Waals surface area contributed by atoms with Crippen molar-refractivity contribution in [3.05, 3.63) is 29.3 Å². The van der Waals surface area contributed by atoms with E-state index in [9.17, 15) is 19.5 Å². The number of rotatable bonds is 7. The number of likely N-dealkylation sites (tertiary alicyclic amines) is 1. The number of hydrogen-bond donors (Lipinski definition) is 3. The van der Waals surface area contributed by atoms with E-state index < -0.39 is 29.1 Å². The molecule has 3 N–H and O–H groups in total. The topological polar surface area (TPSA) is 108 Å². The van der Waals surface area contributed by atoms with Gasteiger partial charge in [-0.3, -0.25) is 14.4 Å². The normalized spacial score (nSPS) is 34.5. The second-order valence-corrected chi connectivity index (χ2v) is 10.1. The van der Waals surface area contributed by atoms with Crippen molar-refractivity contribution in [1.82, 2.24) is 10.2 Å². The van der Waals surface area contributed by atoms with E-state index in [4.69, 9.17) is 4.74 Å². The summed E-state index contributed by atoms with van der Waals surface area (Å²) in [5.41, 5.74) is 0.795. The van der Waals surface area contributed by atoms with Gasteiger partial charge in [0.2, 0.25) is 17.7 Å². The molecule has 8 nitrogen and oxygen atoms in total. The van der Waals surface area contributed by atoms with Crippen LogP contribution in [-0.2, 0) is 19.1 Å². The molecule has 0 radical (unpaired) electrons. The van der Waals surface area contributed by atoms with Crippen LogP contribution in [-0.4, -0.2) is 65.2 Å². The number of anilines is 1. The first-order valence-electron chi connectivity index (χ1n) is 11.8. The number of aliphatic hydroxyl groups excluding tert-OH is 1. The van der Waals surface area contributed by atoms with Gasteiger partial charge in [-0.25, -0.2) is 0 Å². The van der Waals surface area contributed by atoms with Crippen LogP contribution in [0.5, 0.6) is 0 Å². The van der Waals surface area contributed by atoms with Crippen molar-refractivity contribution in [1.29, 1.82) is 0 Å². The van der Waals surface area contributed by atoms with E-state index in [-0.39, 0.29) is 30.2 Å². The molecule has 3 heterocycles. The lowest BCUT2D eigenvalue weighted by Crippen LogP contribution is -2.54. The zero-order valence-corrected chi connectivity index (χ0v) is 20.1. The molecule has 1 aromatic carbocycles. The Morgan fingerprint density at radius 2 is 1.97 bits per heavy atom. The first-order valence-corrected chi connectivity index (χ1v) is 11.8. The Hall–Kier alpha value is -2.45. The first-order chi connectivity index (χ1) is 15.6. The van der Waals surface area contributed by atoms with E-state index in [1.54, 1.807) is 11.9 Å². The molecule has 8 heteroatoms. The number of nitrogens with one attached hydrogen (secondary N) is 2. The molecule has 1 aromatic rings. The SMILES string of the molecule is CNC(=O)[C@@H]1[C@H]2C(=O)N(CCCCO)C(C(=O)Nc3cc(C)ccc3C)C23CC(C)[C@@]1(C)O3. The molecule has 0 aromatic heterocycles. The summed E-state index contributed by atoms with van der Waals surface area (Å²) in [6, 6.07) is 5.01. The van der Waals surface area contributed by atoms with Gasteiger partial charge in [0, 0.05) is 25.9 Å². The quantitative estimate of drug-likeness (QED) is 0.541. The highest BCUT2D eigenvalue weighted by Gasteiger charge is 2.79. The number of aliphatic hydroxyl groups is 1. The van der Waals surface area contributed by atoms with E-state index in [0.29, 0.717) is 31.5 Å². The maximum absolute atomic E-state index is 13.8. The summed E-state index contributed by atoms with van der Waals surface area (Å²) in [7, 11) is 1.57. The van der Waals surface area contributed by atoms with Gasteiger partial charge in [-0.15, -0.1) is 0 Å². The van der Waals surface area contributed by atoms with Gasteiger partial charge in [-0.2, -0.15) is 0 Å². The van der Waals surface area contributed by atoms with Gasteiger partial charge in [0.1, 0.15) is 11.6 Å². The zero-order valence-electron chi connectivity index (χ0n) is 20.1. The van der Waals surface area contributed by atoms with Crippen molar-refractivity contribution in [2.45, 2.75) is 64.2 Å². The molecule has 6 atom stereocenters. The summed E-state index contributed by atoms with van der Waals surface area (Å²) in [6.07, 6.45) is 1.63. The predicted molar refractivity (Wildman–Crippen MR) is 123 cm³/mol. The van der Waals surface area contributed by atoms with E-state index in [1.165, 1.54) is 0 Å². The van der Waals surface area contributed by atoms with E-state index in [0.717, 1.165) is 11.1 Å². The van der Waals surface area contributed by atoms with Gasteiger partial charge in [0.05, 0.1) is 17.4 Å². The van der Waals surface area contributed by atoms with Crippen LogP contribution in [0.15, 0.2) is 18.2 Å². The standard InChI is InChI=1S/C25H35N3O5/c1-14-8-9-15(2)17(12-14)27-22(31)20-25-13-16(3)24(4,33-25)18(21(30)26-5)19(25)23(32)28(20)10-6-7-11-29/h8-9,12,16,18-20,29H,6-7,10-11,13H2,1-5H3,(H,26,30)(H,27,31)/t16?,18-,19-,20?,24+,25?/m0/s1. The van der Waals surface area contributed by atoms with Crippen LogP contribution in [0.3, 0.4) is 0 Å². The van der Waals surface area contributed by atoms with Crippen LogP contribution in [0.25, 0.3) is 0 Å². The van der Waals surface area contributed by atoms with Crippen molar-refractivity contribution < 1.29 is 24.2 Å². The summed E-state index contributed by atoms with van der Waals surface area (Å²) in [6.45, 7) is 8.16. The van der Waals surface area contributed by atoms with E-state index >= 15 is 0 Å². The number of amides is 3. The van der Waals surface area contributed by atoms with Crippen LogP contribution in [0.1, 0.15) is 44.2 Å². The molecule has 3 unspecified atom stereocenters. The molecule has 180 valence electrons. The Labute approximate surface area is 195 Å². The van der Waals surface area contributed by atoms with Crippen LogP contribution >= 0.6 is 0 Å². The summed E-state index contributed by atoms with van der Waals surface area (Å²) in [5.74, 6) is -2.08. The van der Waals surface area contributed by atoms with E-state index in [1.807, 2.05) is 45.9 Å². The monoisotopic (exact) mass is 457 g/mol. The highest BCUT2D eigenvalue weighted by Crippen LogP contribution is 2.65. The molecule has 1 spiro atoms. The molecule has 3 aliphatic rings. The lowest BCUT2D eigenvalue weighted by atomic mass is 9.62. The third-order valence-electron chi connectivity index (χ3n) is 8.05. The molecular formula is C25H35N3O5. The maximum Gasteiger partial charge on any atom is 0.250 e. The average Bonchev–Trinajstić information content (AvgIpc) is 3.27. The van der Waals surface area contributed by atoms with Gasteiger partial charge < -0.3 is 25.4 Å². The van der Waals surface area contributed by atoms with Gasteiger partial charge in [-0.05, 0) is 63.1 Å². The number of ether oxygens (including phenoxy) is 1. The molecule has 33 heavy (non-hydrogen) atoms. The van der Waals surface area contributed by atoms with Crippen molar-refractivity contribution in [2.24, 2.45) is 17.8 Å². The number of carbonyl (C=O) groups is 3. The molecule has 0 saturated carbocycles. The first kappa shape index (κ1) is 23.7. The summed E-state index contributed by atoms with van der Waals surface area (Å²) in [5, 5.41) is 15.0. The smallest absolute Gasteiger partial charge is 0.250 e. The van der Waals surface area contributed by atoms with Crippen molar-refractivity contribution >= 4 is 23.4 Å². The number of nitrogens with zero attached hydrogens (tertiary/aromatic N) is 1. The van der Waals surface area contributed by atoms with Crippen LogP contribution < -0.4 is 10.6 Å². The van der Waals surface area contributed by atoms with E-state index in [2.05, 4.69) is 10.6 Å². The molecule has 3 aliphatic heterocycles. The minimum atomic E-state index is -1.05. The Bertz CT molecular complexity index is 981. The molecule has 0 aliphatic carbocycles. The third kappa shape index (κ3) is 3.46. The number of carbonyl (C=O) groups excluding carboxylic acids is 3. The minimum absolute atomic E-state index is 0.0113. The Balaban J connectivity index is 1.75. The summed E-state index contributed by atoms with van der Waals surface area (Å²) >= 11 is 0. The highest BCUT2D eigenvalue weighted by molar-refractivity contribution is 6.04. The number of hydrogen-bond acceptors (Lipinski definition) is 5. The molecule has 3 amide bonds. The lowest BCUT2D eigenvalue weighted by molar-refractivity contribution is -0.146. The van der Waals surface area contributed by atoms with Crippen molar-refractivity contribution in [2.75, 3.05) is 25.5 Å². The molecule has 3 fully saturated rings.